The standard InChI is InChI=1S/C28H30F6N2O2/c1-3-4-9-19-20-13-21(29)25(38-27(30)31)14-23(20)36(18-7-5-6-8-18)26(19)22-11-10-17(15-35-22)24(37)12-16(2)28(32,33)34/h10-11,13-16,18,27H,3-9,12H2,1-2H3. The molecule has 3 aromatic rings. The summed E-state index contributed by atoms with van der Waals surface area (Å²) in [7, 11) is 0. The minimum absolute atomic E-state index is 0.0310. The van der Waals surface area contributed by atoms with Crippen LogP contribution in [0.1, 0.15) is 80.8 Å². The minimum Gasteiger partial charge on any atom is -0.432 e. The molecule has 2 heterocycles. The number of unbranched alkanes of at least 4 members (excludes halogenated alkanes) is 1. The maximum atomic E-state index is 14.8. The van der Waals surface area contributed by atoms with Crippen molar-refractivity contribution in [3.63, 3.8) is 0 Å². The molecule has 206 valence electrons. The molecule has 4 rings (SSSR count). The van der Waals surface area contributed by atoms with Crippen molar-refractivity contribution in [2.45, 2.75) is 84.0 Å². The van der Waals surface area contributed by atoms with E-state index in [0.29, 0.717) is 28.7 Å². The number of ether oxygens (including phenoxy) is 1. The van der Waals surface area contributed by atoms with Crippen molar-refractivity contribution < 1.29 is 35.9 Å². The average molecular weight is 541 g/mol. The van der Waals surface area contributed by atoms with E-state index >= 15 is 0 Å². The fourth-order valence-electron chi connectivity index (χ4n) is 5.20. The Kier molecular flexibility index (Phi) is 8.37. The van der Waals surface area contributed by atoms with E-state index in [9.17, 15) is 31.1 Å². The van der Waals surface area contributed by atoms with E-state index in [0.717, 1.165) is 51.0 Å². The van der Waals surface area contributed by atoms with Crippen molar-refractivity contribution >= 4 is 16.7 Å². The van der Waals surface area contributed by atoms with Gasteiger partial charge in [-0.05, 0) is 49.4 Å². The number of fused-ring (bicyclic) bond motifs is 1. The average Bonchev–Trinajstić information content (AvgIpc) is 3.48. The zero-order valence-corrected chi connectivity index (χ0v) is 21.3. The van der Waals surface area contributed by atoms with E-state index in [2.05, 4.69) is 9.72 Å². The molecule has 1 atom stereocenters. The van der Waals surface area contributed by atoms with Gasteiger partial charge in [0.2, 0.25) is 0 Å². The Morgan fingerprint density at radius 2 is 1.89 bits per heavy atom. The second-order valence-electron chi connectivity index (χ2n) is 9.92. The van der Waals surface area contributed by atoms with Crippen LogP contribution in [-0.2, 0) is 6.42 Å². The summed E-state index contributed by atoms with van der Waals surface area (Å²) >= 11 is 0. The molecule has 1 saturated carbocycles. The maximum absolute atomic E-state index is 14.8. The number of aromatic nitrogens is 2. The first-order chi connectivity index (χ1) is 18.0. The second kappa shape index (κ2) is 11.4. The molecule has 0 radical (unpaired) electrons. The minimum atomic E-state index is -4.47. The highest BCUT2D eigenvalue weighted by Crippen LogP contribution is 2.43. The van der Waals surface area contributed by atoms with Gasteiger partial charge in [-0.25, -0.2) is 4.39 Å². The van der Waals surface area contributed by atoms with Crippen LogP contribution in [-0.4, -0.2) is 28.1 Å². The van der Waals surface area contributed by atoms with Crippen molar-refractivity contribution in [3.05, 3.63) is 47.4 Å². The fraction of sp³-hybridized carbons (Fsp3) is 0.500. The number of carbonyl (C=O) groups excluding carboxylic acids is 1. The molecule has 0 amide bonds. The van der Waals surface area contributed by atoms with Crippen LogP contribution in [0.5, 0.6) is 5.75 Å². The van der Waals surface area contributed by atoms with Gasteiger partial charge in [0.1, 0.15) is 0 Å². The second-order valence-corrected chi connectivity index (χ2v) is 9.92. The fourth-order valence-corrected chi connectivity index (χ4v) is 5.20. The van der Waals surface area contributed by atoms with Gasteiger partial charge in [-0.3, -0.25) is 9.78 Å². The van der Waals surface area contributed by atoms with Crippen molar-refractivity contribution in [2.75, 3.05) is 0 Å². The van der Waals surface area contributed by atoms with Crippen molar-refractivity contribution in [1.29, 1.82) is 0 Å². The lowest BCUT2D eigenvalue weighted by Gasteiger charge is -2.19. The zero-order chi connectivity index (χ0) is 27.6. The number of nitrogens with zero attached hydrogens (tertiary/aromatic N) is 2. The molecule has 1 aliphatic carbocycles. The van der Waals surface area contributed by atoms with E-state index < -0.39 is 42.5 Å². The molecule has 0 aliphatic heterocycles. The van der Waals surface area contributed by atoms with Crippen LogP contribution in [0.15, 0.2) is 30.5 Å². The highest BCUT2D eigenvalue weighted by molar-refractivity contribution is 5.97. The molecule has 0 bridgehead atoms. The Morgan fingerprint density at radius 3 is 2.47 bits per heavy atom. The van der Waals surface area contributed by atoms with Gasteiger partial charge >= 0.3 is 12.8 Å². The van der Waals surface area contributed by atoms with Gasteiger partial charge in [0.15, 0.2) is 17.3 Å². The third kappa shape index (κ3) is 5.83. The normalized spacial score (nSPS) is 15.5. The molecule has 1 fully saturated rings. The quantitative estimate of drug-likeness (QED) is 0.191. The van der Waals surface area contributed by atoms with Crippen molar-refractivity contribution in [1.82, 2.24) is 9.55 Å². The molecular formula is C28H30F6N2O2. The number of hydrogen-bond donors (Lipinski definition) is 0. The molecule has 1 unspecified atom stereocenters. The van der Waals surface area contributed by atoms with E-state index in [1.54, 1.807) is 6.07 Å². The van der Waals surface area contributed by atoms with Crippen LogP contribution < -0.4 is 4.74 Å². The number of rotatable bonds is 10. The largest absolute Gasteiger partial charge is 0.432 e. The molecule has 0 N–H and O–H groups in total. The first-order valence-electron chi connectivity index (χ1n) is 12.9. The van der Waals surface area contributed by atoms with Gasteiger partial charge in [-0.1, -0.05) is 33.1 Å². The van der Waals surface area contributed by atoms with E-state index in [1.165, 1.54) is 24.4 Å². The number of carbonyl (C=O) groups is 1. The summed E-state index contributed by atoms with van der Waals surface area (Å²) in [5, 5.41) is 0.584. The molecule has 1 aliphatic rings. The summed E-state index contributed by atoms with van der Waals surface area (Å²) in [5.41, 5.74) is 2.64. The molecule has 1 aromatic carbocycles. The number of alkyl halides is 5. The van der Waals surface area contributed by atoms with Gasteiger partial charge in [0.05, 0.1) is 22.8 Å². The van der Waals surface area contributed by atoms with Crippen LogP contribution in [0.2, 0.25) is 0 Å². The SMILES string of the molecule is CCCCc1c(-c2ccc(C(=O)CC(C)C(F)(F)F)cn2)n(C2CCCC2)c2cc(OC(F)F)c(F)cc12. The topological polar surface area (TPSA) is 44.1 Å². The number of benzene rings is 1. The van der Waals surface area contributed by atoms with Crippen molar-refractivity contribution in [2.24, 2.45) is 5.92 Å². The first kappa shape index (κ1) is 28.0. The lowest BCUT2D eigenvalue weighted by atomic mass is 9.99. The number of Topliss-reactive ketones (excluding diaryl/α,β-unsaturated/α-hetero) is 1. The van der Waals surface area contributed by atoms with Crippen LogP contribution in [0.25, 0.3) is 22.3 Å². The monoisotopic (exact) mass is 540 g/mol. The smallest absolute Gasteiger partial charge is 0.391 e. The Balaban J connectivity index is 1.84. The number of halogens is 6. The Labute approximate surface area is 217 Å². The lowest BCUT2D eigenvalue weighted by Crippen LogP contribution is -2.22. The predicted octanol–water partition coefficient (Wildman–Crippen LogP) is 8.67. The molecule has 4 nitrogen and oxygen atoms in total. The van der Waals surface area contributed by atoms with E-state index in [4.69, 9.17) is 0 Å². The Hall–Kier alpha value is -3.04. The Bertz CT molecular complexity index is 1280. The van der Waals surface area contributed by atoms with E-state index in [1.807, 2.05) is 11.5 Å². The summed E-state index contributed by atoms with van der Waals surface area (Å²) < 4.78 is 86.0. The highest BCUT2D eigenvalue weighted by Gasteiger charge is 2.37. The van der Waals surface area contributed by atoms with Gasteiger partial charge < -0.3 is 9.30 Å². The number of aryl methyl sites for hydroxylation is 1. The molecule has 0 spiro atoms. The zero-order valence-electron chi connectivity index (χ0n) is 21.3. The maximum Gasteiger partial charge on any atom is 0.391 e. The lowest BCUT2D eigenvalue weighted by molar-refractivity contribution is -0.168. The highest BCUT2D eigenvalue weighted by atomic mass is 19.4. The van der Waals surface area contributed by atoms with Gasteiger partial charge in [-0.15, -0.1) is 0 Å². The Morgan fingerprint density at radius 1 is 1.18 bits per heavy atom. The third-order valence-corrected chi connectivity index (χ3v) is 7.23. The van der Waals surface area contributed by atoms with Crippen molar-refractivity contribution in [3.8, 4) is 17.1 Å². The predicted molar refractivity (Wildman–Crippen MR) is 132 cm³/mol. The summed E-state index contributed by atoms with van der Waals surface area (Å²) in [4.78, 5) is 16.9. The van der Waals surface area contributed by atoms with Gasteiger partial charge in [-0.2, -0.15) is 22.0 Å². The van der Waals surface area contributed by atoms with Gasteiger partial charge in [0, 0.05) is 35.7 Å². The number of hydrogen-bond acceptors (Lipinski definition) is 3. The summed E-state index contributed by atoms with van der Waals surface area (Å²) in [5.74, 6) is -3.86. The van der Waals surface area contributed by atoms with Crippen LogP contribution in [0.3, 0.4) is 0 Å². The number of ketones is 1. The van der Waals surface area contributed by atoms with Crippen LogP contribution >= 0.6 is 0 Å². The molecular weight excluding hydrogens is 510 g/mol. The summed E-state index contributed by atoms with van der Waals surface area (Å²) in [6, 6.07) is 5.62. The van der Waals surface area contributed by atoms with Gasteiger partial charge in [0.25, 0.3) is 0 Å². The van der Waals surface area contributed by atoms with E-state index in [-0.39, 0.29) is 11.6 Å². The third-order valence-electron chi connectivity index (χ3n) is 7.23. The van der Waals surface area contributed by atoms with Crippen LogP contribution in [0, 0.1) is 11.7 Å². The first-order valence-corrected chi connectivity index (χ1v) is 12.9. The number of pyridine rings is 1. The summed E-state index contributed by atoms with van der Waals surface area (Å²) in [6.45, 7) is -0.195. The summed E-state index contributed by atoms with van der Waals surface area (Å²) in [6.07, 6.45) is 2.01. The molecule has 10 heteroatoms. The molecule has 2 aromatic heterocycles. The van der Waals surface area contributed by atoms with Crippen LogP contribution in [0.4, 0.5) is 26.3 Å². The molecule has 0 saturated heterocycles. The molecule has 38 heavy (non-hydrogen) atoms.